The van der Waals surface area contributed by atoms with E-state index in [2.05, 4.69) is 0 Å². The molecule has 28 heavy (non-hydrogen) atoms. The van der Waals surface area contributed by atoms with Gasteiger partial charge in [0.15, 0.2) is 29.3 Å². The van der Waals surface area contributed by atoms with Crippen LogP contribution in [0, 0.1) is 0 Å². The number of hydrogen-bond donors (Lipinski definition) is 3. The van der Waals surface area contributed by atoms with Gasteiger partial charge in [0.2, 0.25) is 11.5 Å². The van der Waals surface area contributed by atoms with Crippen molar-refractivity contribution < 1.29 is 39.0 Å². The molecule has 2 aromatic rings. The lowest BCUT2D eigenvalue weighted by molar-refractivity contribution is -0.0678. The van der Waals surface area contributed by atoms with E-state index in [1.807, 2.05) is 0 Å². The van der Waals surface area contributed by atoms with Crippen molar-refractivity contribution in [2.24, 2.45) is 0 Å². The van der Waals surface area contributed by atoms with Gasteiger partial charge in [0.1, 0.15) is 0 Å². The molecule has 0 unspecified atom stereocenters. The second-order valence-electron chi connectivity index (χ2n) is 6.40. The van der Waals surface area contributed by atoms with Crippen LogP contribution in [-0.2, 0) is 4.74 Å². The maximum absolute atomic E-state index is 10.5. The van der Waals surface area contributed by atoms with Crippen LogP contribution in [0.4, 0.5) is 0 Å². The highest BCUT2D eigenvalue weighted by Crippen LogP contribution is 2.49. The first-order valence-corrected chi connectivity index (χ1v) is 8.64. The minimum absolute atomic E-state index is 0.0993. The lowest BCUT2D eigenvalue weighted by Crippen LogP contribution is -2.17. The van der Waals surface area contributed by atoms with Crippen molar-refractivity contribution in [2.45, 2.75) is 18.1 Å². The second kappa shape index (κ2) is 8.04. The topological polar surface area (TPSA) is 107 Å². The third kappa shape index (κ3) is 3.36. The zero-order valence-corrected chi connectivity index (χ0v) is 16.1. The summed E-state index contributed by atoms with van der Waals surface area (Å²) in [5.41, 5.74) is 1.44. The molecule has 1 saturated heterocycles. The molecule has 1 aliphatic heterocycles. The zero-order valence-electron chi connectivity index (χ0n) is 16.1. The van der Waals surface area contributed by atoms with E-state index < -0.39 is 12.2 Å². The molecule has 0 aromatic heterocycles. The number of ether oxygens (including phenoxy) is 5. The number of hydrogen-bond acceptors (Lipinski definition) is 8. The van der Waals surface area contributed by atoms with Crippen molar-refractivity contribution in [1.82, 2.24) is 0 Å². The van der Waals surface area contributed by atoms with Gasteiger partial charge in [-0.25, -0.2) is 0 Å². The summed E-state index contributed by atoms with van der Waals surface area (Å²) >= 11 is 0. The molecule has 3 N–H and O–H groups in total. The fraction of sp³-hybridized carbons (Fsp3) is 0.400. The minimum atomic E-state index is -1.07. The monoisotopic (exact) mass is 392 g/mol. The molecular formula is C20H24O8. The van der Waals surface area contributed by atoms with E-state index in [1.165, 1.54) is 28.4 Å². The summed E-state index contributed by atoms with van der Waals surface area (Å²) in [7, 11) is 5.77. The van der Waals surface area contributed by atoms with E-state index in [0.717, 1.165) is 5.56 Å². The van der Waals surface area contributed by atoms with Crippen molar-refractivity contribution >= 4 is 0 Å². The molecule has 0 aliphatic carbocycles. The van der Waals surface area contributed by atoms with Crippen molar-refractivity contribution in [3.8, 4) is 34.5 Å². The summed E-state index contributed by atoms with van der Waals surface area (Å²) in [6, 6.07) is 6.65. The van der Waals surface area contributed by atoms with Crippen molar-refractivity contribution in [2.75, 3.05) is 35.0 Å². The first kappa shape index (κ1) is 19.9. The van der Waals surface area contributed by atoms with Crippen LogP contribution in [0.1, 0.15) is 23.0 Å². The molecule has 0 bridgehead atoms. The summed E-state index contributed by atoms with van der Waals surface area (Å²) in [4.78, 5) is 0. The molecule has 3 atom stereocenters. The van der Waals surface area contributed by atoms with Crippen LogP contribution in [0.2, 0.25) is 0 Å². The Bertz CT molecular complexity index is 800. The van der Waals surface area contributed by atoms with Gasteiger partial charge in [-0.3, -0.25) is 0 Å². The summed E-state index contributed by atoms with van der Waals surface area (Å²) in [5, 5.41) is 30.8. The molecule has 8 heteroatoms. The highest BCUT2D eigenvalue weighted by atomic mass is 16.6. The summed E-state index contributed by atoms with van der Waals surface area (Å²) in [5.74, 6) is 0.0240. The number of aliphatic hydroxyl groups excluding tert-OH is 1. The van der Waals surface area contributed by atoms with Crippen LogP contribution in [-0.4, -0.2) is 56.7 Å². The first-order chi connectivity index (χ1) is 13.4. The number of aromatic hydroxyl groups is 2. The smallest absolute Gasteiger partial charge is 0.200 e. The Kier molecular flexibility index (Phi) is 5.71. The molecule has 2 aromatic carbocycles. The van der Waals surface area contributed by atoms with Crippen molar-refractivity contribution in [1.29, 1.82) is 0 Å². The molecule has 8 nitrogen and oxygen atoms in total. The maximum Gasteiger partial charge on any atom is 0.200 e. The maximum atomic E-state index is 10.5. The van der Waals surface area contributed by atoms with Crippen LogP contribution >= 0.6 is 0 Å². The Morgan fingerprint density at radius 1 is 0.750 bits per heavy atom. The van der Waals surface area contributed by atoms with Crippen LogP contribution in [0.25, 0.3) is 0 Å². The van der Waals surface area contributed by atoms with E-state index in [9.17, 15) is 15.3 Å². The molecule has 1 fully saturated rings. The van der Waals surface area contributed by atoms with E-state index in [4.69, 9.17) is 23.7 Å². The average Bonchev–Trinajstić information content (AvgIpc) is 3.09. The number of phenolic OH excluding ortho intramolecular Hbond substituents is 2. The molecule has 0 saturated carbocycles. The molecule has 1 aliphatic rings. The molecular weight excluding hydrogens is 368 g/mol. The van der Waals surface area contributed by atoms with Gasteiger partial charge in [0.05, 0.1) is 35.0 Å². The predicted octanol–water partition coefficient (Wildman–Crippen LogP) is 2.35. The van der Waals surface area contributed by atoms with Crippen molar-refractivity contribution in [3.05, 3.63) is 35.4 Å². The average molecular weight is 392 g/mol. The van der Waals surface area contributed by atoms with E-state index in [0.29, 0.717) is 5.56 Å². The number of rotatable bonds is 6. The third-order valence-corrected chi connectivity index (χ3v) is 5.00. The second-order valence-corrected chi connectivity index (χ2v) is 6.40. The van der Waals surface area contributed by atoms with E-state index in [1.54, 1.807) is 24.3 Å². The Hall–Kier alpha value is -2.84. The number of phenols is 2. The molecule has 0 radical (unpaired) electrons. The van der Waals surface area contributed by atoms with Gasteiger partial charge in [-0.15, -0.1) is 0 Å². The third-order valence-electron chi connectivity index (χ3n) is 5.00. The minimum Gasteiger partial charge on any atom is -0.502 e. The summed E-state index contributed by atoms with van der Waals surface area (Å²) < 4.78 is 26.4. The Labute approximate surface area is 162 Å². The van der Waals surface area contributed by atoms with Gasteiger partial charge in [-0.2, -0.15) is 0 Å². The normalized spacial score (nSPS) is 21.4. The van der Waals surface area contributed by atoms with E-state index >= 15 is 0 Å². The number of benzene rings is 2. The molecule has 152 valence electrons. The quantitative estimate of drug-likeness (QED) is 0.688. The lowest BCUT2D eigenvalue weighted by atomic mass is 9.82. The Morgan fingerprint density at radius 2 is 1.14 bits per heavy atom. The number of aliphatic hydroxyl groups is 1. The van der Waals surface area contributed by atoms with Gasteiger partial charge in [-0.1, -0.05) is 0 Å². The van der Waals surface area contributed by atoms with Crippen LogP contribution in [0.5, 0.6) is 34.5 Å². The van der Waals surface area contributed by atoms with Gasteiger partial charge in [-0.05, 0) is 35.4 Å². The highest BCUT2D eigenvalue weighted by Gasteiger charge is 2.40. The number of methoxy groups -OCH3 is 4. The molecule has 3 rings (SSSR count). The standard InChI is InChI=1S/C20H24O8/c1-24-13-5-10(6-14(25-2)18(13)21)12-9-28-20(23)17(12)11-7-15(26-3)19(22)16(8-11)27-4/h5-8,12,17,20-23H,9H2,1-4H3/t12-,17-,20+/m1/s1. The fourth-order valence-corrected chi connectivity index (χ4v) is 3.54. The fourth-order valence-electron chi connectivity index (χ4n) is 3.54. The molecule has 1 heterocycles. The van der Waals surface area contributed by atoms with Gasteiger partial charge >= 0.3 is 0 Å². The van der Waals surface area contributed by atoms with Crippen LogP contribution < -0.4 is 18.9 Å². The SMILES string of the molecule is COc1cc([C@@H]2[C@@H](c3cc(OC)c(O)c(OC)c3)CO[C@@H]2O)cc(OC)c1O. The largest absolute Gasteiger partial charge is 0.502 e. The molecule has 0 amide bonds. The summed E-state index contributed by atoms with van der Waals surface area (Å²) in [6.07, 6.45) is -1.07. The predicted molar refractivity (Wildman–Crippen MR) is 99.9 cm³/mol. The zero-order chi connectivity index (χ0) is 20.4. The lowest BCUT2D eigenvalue weighted by Gasteiger charge is -2.23. The van der Waals surface area contributed by atoms with Gasteiger partial charge in [0.25, 0.3) is 0 Å². The highest BCUT2D eigenvalue weighted by molar-refractivity contribution is 5.56. The van der Waals surface area contributed by atoms with E-state index in [-0.39, 0.29) is 47.0 Å². The van der Waals surface area contributed by atoms with Crippen molar-refractivity contribution in [3.63, 3.8) is 0 Å². The summed E-state index contributed by atoms with van der Waals surface area (Å²) in [6.45, 7) is 0.244. The van der Waals surface area contributed by atoms with Gasteiger partial charge < -0.3 is 39.0 Å². The molecule has 0 spiro atoms. The Morgan fingerprint density at radius 3 is 1.54 bits per heavy atom. The Balaban J connectivity index is 2.09. The first-order valence-electron chi connectivity index (χ1n) is 8.64. The van der Waals surface area contributed by atoms with Crippen LogP contribution in [0.3, 0.4) is 0 Å². The van der Waals surface area contributed by atoms with Gasteiger partial charge in [0, 0.05) is 11.8 Å². The van der Waals surface area contributed by atoms with Crippen LogP contribution in [0.15, 0.2) is 24.3 Å².